The number of hydrogen-bond donors (Lipinski definition) is 2. The summed E-state index contributed by atoms with van der Waals surface area (Å²) in [5.74, 6) is 0. The third-order valence-electron chi connectivity index (χ3n) is 2.42. The van der Waals surface area contributed by atoms with Gasteiger partial charge in [-0.25, -0.2) is 4.79 Å². The molecule has 0 saturated carbocycles. The van der Waals surface area contributed by atoms with Gasteiger partial charge in [0.2, 0.25) is 0 Å². The molecule has 0 radical (unpaired) electrons. The highest BCUT2D eigenvalue weighted by Crippen LogP contribution is 1.96. The zero-order chi connectivity index (χ0) is 13.2. The molecule has 0 unspecified atom stereocenters. The minimum absolute atomic E-state index is 0.0517. The second-order valence-electron chi connectivity index (χ2n) is 3.80. The molecule has 0 aliphatic rings. The molecule has 0 saturated heterocycles. The Labute approximate surface area is 107 Å². The number of nitrogens with zero attached hydrogens (tertiary/aromatic N) is 2. The van der Waals surface area contributed by atoms with Crippen LogP contribution in [-0.4, -0.2) is 47.3 Å². The SMILES string of the molecule is C=CCN(CCO)C(=O)NCCc1cccnc1. The van der Waals surface area contributed by atoms with Gasteiger partial charge in [-0.05, 0) is 18.1 Å². The number of carbonyl (C=O) groups is 1. The largest absolute Gasteiger partial charge is 0.395 e. The van der Waals surface area contributed by atoms with Gasteiger partial charge >= 0.3 is 6.03 Å². The first-order chi connectivity index (χ1) is 8.77. The molecule has 0 atom stereocenters. The van der Waals surface area contributed by atoms with Crippen LogP contribution >= 0.6 is 0 Å². The van der Waals surface area contributed by atoms with Crippen LogP contribution in [0.25, 0.3) is 0 Å². The number of aliphatic hydroxyl groups excluding tert-OH is 1. The molecule has 5 nitrogen and oxygen atoms in total. The van der Waals surface area contributed by atoms with Crippen molar-refractivity contribution in [2.24, 2.45) is 0 Å². The van der Waals surface area contributed by atoms with Gasteiger partial charge in [0.15, 0.2) is 0 Å². The van der Waals surface area contributed by atoms with Crippen molar-refractivity contribution in [1.82, 2.24) is 15.2 Å². The summed E-state index contributed by atoms with van der Waals surface area (Å²) in [5, 5.41) is 11.7. The van der Waals surface area contributed by atoms with Crippen molar-refractivity contribution in [2.75, 3.05) is 26.2 Å². The molecule has 5 heteroatoms. The molecule has 98 valence electrons. The molecule has 2 amide bonds. The fourth-order valence-corrected chi connectivity index (χ4v) is 1.52. The summed E-state index contributed by atoms with van der Waals surface area (Å²) in [6.07, 6.45) is 5.87. The topological polar surface area (TPSA) is 65.5 Å². The number of rotatable bonds is 7. The van der Waals surface area contributed by atoms with Crippen LogP contribution in [0.3, 0.4) is 0 Å². The van der Waals surface area contributed by atoms with Crippen LogP contribution in [0.4, 0.5) is 4.79 Å². The van der Waals surface area contributed by atoms with E-state index in [2.05, 4.69) is 16.9 Å². The van der Waals surface area contributed by atoms with E-state index in [1.807, 2.05) is 12.1 Å². The predicted octanol–water partition coefficient (Wildman–Crippen LogP) is 0.814. The molecule has 0 aliphatic heterocycles. The predicted molar refractivity (Wildman–Crippen MR) is 70.2 cm³/mol. The summed E-state index contributed by atoms with van der Waals surface area (Å²) in [6, 6.07) is 3.65. The number of aliphatic hydroxyl groups is 1. The van der Waals surface area contributed by atoms with E-state index in [0.29, 0.717) is 19.6 Å². The van der Waals surface area contributed by atoms with Crippen molar-refractivity contribution < 1.29 is 9.90 Å². The quantitative estimate of drug-likeness (QED) is 0.703. The van der Waals surface area contributed by atoms with Crippen LogP contribution in [0, 0.1) is 0 Å². The van der Waals surface area contributed by atoms with Crippen LogP contribution in [-0.2, 0) is 6.42 Å². The Morgan fingerprint density at radius 3 is 3.06 bits per heavy atom. The lowest BCUT2D eigenvalue weighted by molar-refractivity contribution is 0.184. The third kappa shape index (κ3) is 4.97. The van der Waals surface area contributed by atoms with Gasteiger partial charge < -0.3 is 15.3 Å². The summed E-state index contributed by atoms with van der Waals surface area (Å²) >= 11 is 0. The van der Waals surface area contributed by atoms with Crippen molar-refractivity contribution in [3.63, 3.8) is 0 Å². The van der Waals surface area contributed by atoms with Gasteiger partial charge in [0.05, 0.1) is 6.61 Å². The van der Waals surface area contributed by atoms with Gasteiger partial charge in [0, 0.05) is 32.0 Å². The fourth-order valence-electron chi connectivity index (χ4n) is 1.52. The number of nitrogens with one attached hydrogen (secondary N) is 1. The van der Waals surface area contributed by atoms with E-state index in [-0.39, 0.29) is 12.6 Å². The molecule has 0 aromatic carbocycles. The van der Waals surface area contributed by atoms with Gasteiger partial charge in [-0.15, -0.1) is 6.58 Å². The van der Waals surface area contributed by atoms with Crippen molar-refractivity contribution in [2.45, 2.75) is 6.42 Å². The highest BCUT2D eigenvalue weighted by Gasteiger charge is 2.09. The average molecular weight is 249 g/mol. The molecule has 18 heavy (non-hydrogen) atoms. The lowest BCUT2D eigenvalue weighted by atomic mass is 10.2. The molecule has 1 rings (SSSR count). The number of amides is 2. The maximum absolute atomic E-state index is 11.8. The highest BCUT2D eigenvalue weighted by molar-refractivity contribution is 5.74. The number of pyridine rings is 1. The number of carbonyl (C=O) groups excluding carboxylic acids is 1. The van der Waals surface area contributed by atoms with Crippen molar-refractivity contribution in [3.8, 4) is 0 Å². The zero-order valence-electron chi connectivity index (χ0n) is 10.4. The van der Waals surface area contributed by atoms with E-state index >= 15 is 0 Å². The number of hydrogen-bond acceptors (Lipinski definition) is 3. The second kappa shape index (κ2) is 8.25. The standard InChI is InChI=1S/C13H19N3O2/c1-2-8-16(9-10-17)13(18)15-7-5-12-4-3-6-14-11-12/h2-4,6,11,17H,1,5,7-10H2,(H,15,18). The number of aromatic nitrogens is 1. The van der Waals surface area contributed by atoms with Crippen LogP contribution in [0.1, 0.15) is 5.56 Å². The van der Waals surface area contributed by atoms with Gasteiger partial charge in [-0.1, -0.05) is 12.1 Å². The smallest absolute Gasteiger partial charge is 0.317 e. The van der Waals surface area contributed by atoms with Gasteiger partial charge in [-0.3, -0.25) is 4.98 Å². The molecule has 0 spiro atoms. The Kier molecular flexibility index (Phi) is 6.50. The van der Waals surface area contributed by atoms with Gasteiger partial charge in [0.25, 0.3) is 0 Å². The maximum atomic E-state index is 11.8. The first kappa shape index (κ1) is 14.2. The van der Waals surface area contributed by atoms with Crippen LogP contribution < -0.4 is 5.32 Å². The minimum Gasteiger partial charge on any atom is -0.395 e. The Bertz CT molecular complexity index is 368. The van der Waals surface area contributed by atoms with Crippen LogP contribution in [0.5, 0.6) is 0 Å². The summed E-state index contributed by atoms with van der Waals surface area (Å²) in [4.78, 5) is 17.3. The molecule has 1 aromatic rings. The number of urea groups is 1. The molecule has 0 aliphatic carbocycles. The molecular formula is C13H19N3O2. The van der Waals surface area contributed by atoms with E-state index in [0.717, 1.165) is 12.0 Å². The second-order valence-corrected chi connectivity index (χ2v) is 3.80. The molecule has 2 N–H and O–H groups in total. The first-order valence-corrected chi connectivity index (χ1v) is 5.91. The van der Waals surface area contributed by atoms with Crippen LogP contribution in [0.15, 0.2) is 37.2 Å². The van der Waals surface area contributed by atoms with E-state index in [1.54, 1.807) is 18.5 Å². The Morgan fingerprint density at radius 1 is 1.61 bits per heavy atom. The van der Waals surface area contributed by atoms with Crippen LogP contribution in [0.2, 0.25) is 0 Å². The Balaban J connectivity index is 2.33. The maximum Gasteiger partial charge on any atom is 0.317 e. The Morgan fingerprint density at radius 2 is 2.44 bits per heavy atom. The molecule has 0 bridgehead atoms. The van der Waals surface area contributed by atoms with Crippen molar-refractivity contribution >= 4 is 6.03 Å². The van der Waals surface area contributed by atoms with Gasteiger partial charge in [-0.2, -0.15) is 0 Å². The van der Waals surface area contributed by atoms with E-state index in [4.69, 9.17) is 5.11 Å². The van der Waals surface area contributed by atoms with Gasteiger partial charge in [0.1, 0.15) is 0 Å². The molecule has 1 heterocycles. The molecule has 1 aromatic heterocycles. The summed E-state index contributed by atoms with van der Waals surface area (Å²) in [5.41, 5.74) is 1.08. The molecule has 0 fully saturated rings. The van der Waals surface area contributed by atoms with E-state index < -0.39 is 0 Å². The third-order valence-corrected chi connectivity index (χ3v) is 2.42. The zero-order valence-corrected chi connectivity index (χ0v) is 10.4. The summed E-state index contributed by atoms with van der Waals surface area (Å²) in [6.45, 7) is 4.82. The molecular weight excluding hydrogens is 230 g/mol. The normalized spacial score (nSPS) is 9.83. The lowest BCUT2D eigenvalue weighted by Crippen LogP contribution is -2.42. The van der Waals surface area contributed by atoms with Crippen molar-refractivity contribution in [1.29, 1.82) is 0 Å². The summed E-state index contributed by atoms with van der Waals surface area (Å²) in [7, 11) is 0. The highest BCUT2D eigenvalue weighted by atomic mass is 16.3. The monoisotopic (exact) mass is 249 g/mol. The lowest BCUT2D eigenvalue weighted by Gasteiger charge is -2.20. The van der Waals surface area contributed by atoms with E-state index in [1.165, 1.54) is 4.90 Å². The van der Waals surface area contributed by atoms with E-state index in [9.17, 15) is 4.79 Å². The Hall–Kier alpha value is -1.88. The van der Waals surface area contributed by atoms with Crippen molar-refractivity contribution in [3.05, 3.63) is 42.7 Å². The average Bonchev–Trinajstić information content (AvgIpc) is 2.39. The first-order valence-electron chi connectivity index (χ1n) is 5.91. The summed E-state index contributed by atoms with van der Waals surface area (Å²) < 4.78 is 0. The fraction of sp³-hybridized carbons (Fsp3) is 0.385. The minimum atomic E-state index is -0.187.